The highest BCUT2D eigenvalue weighted by atomic mass is 19.1. The minimum atomic E-state index is -0.301. The van der Waals surface area contributed by atoms with Crippen LogP contribution in [0.4, 0.5) is 14.9 Å². The van der Waals surface area contributed by atoms with Gasteiger partial charge in [-0.1, -0.05) is 12.1 Å². The number of urea groups is 1. The Kier molecular flexibility index (Phi) is 5.98. The molecule has 8 heteroatoms. The molecule has 7 nitrogen and oxygen atoms in total. The molecule has 0 radical (unpaired) electrons. The van der Waals surface area contributed by atoms with Crippen LogP contribution in [0.2, 0.25) is 0 Å². The molecule has 0 saturated carbocycles. The third-order valence-corrected chi connectivity index (χ3v) is 6.05. The molecule has 4 aromatic rings. The van der Waals surface area contributed by atoms with Gasteiger partial charge in [0.2, 0.25) is 0 Å². The molecule has 174 valence electrons. The Hall–Kier alpha value is -3.78. The number of nitrogens with one attached hydrogen (secondary N) is 1. The number of piperazine rings is 1. The third-order valence-electron chi connectivity index (χ3n) is 6.05. The average Bonchev–Trinajstić information content (AvgIpc) is 3.16. The summed E-state index contributed by atoms with van der Waals surface area (Å²) in [5, 5.41) is 3.02. The number of carbonyl (C=O) groups excluding carboxylic acids is 1. The molecule has 0 unspecified atom stereocenters. The number of anilines is 1. The lowest BCUT2D eigenvalue weighted by molar-refractivity contribution is 0.140. The summed E-state index contributed by atoms with van der Waals surface area (Å²) >= 11 is 0. The molecule has 1 saturated heterocycles. The average molecular weight is 459 g/mol. The van der Waals surface area contributed by atoms with Gasteiger partial charge in [0.15, 0.2) is 5.65 Å². The number of benzene rings is 2. The van der Waals surface area contributed by atoms with Gasteiger partial charge in [0.05, 0.1) is 12.2 Å². The summed E-state index contributed by atoms with van der Waals surface area (Å²) in [5.41, 5.74) is 5.23. The number of pyridine rings is 1. The van der Waals surface area contributed by atoms with E-state index in [1.54, 1.807) is 12.3 Å². The maximum Gasteiger partial charge on any atom is 0.321 e. The van der Waals surface area contributed by atoms with E-state index in [-0.39, 0.29) is 11.8 Å². The van der Waals surface area contributed by atoms with Crippen LogP contribution in [0.5, 0.6) is 0 Å². The van der Waals surface area contributed by atoms with Crippen molar-refractivity contribution in [2.24, 2.45) is 0 Å². The fraction of sp³-hybridized carbons (Fsp3) is 0.269. The Bertz CT molecular complexity index is 1320. The number of aromatic nitrogens is 3. The van der Waals surface area contributed by atoms with Crippen LogP contribution in [-0.4, -0.2) is 56.5 Å². The molecule has 1 fully saturated rings. The number of amides is 2. The predicted molar refractivity (Wildman–Crippen MR) is 131 cm³/mol. The van der Waals surface area contributed by atoms with Gasteiger partial charge >= 0.3 is 6.03 Å². The molecule has 34 heavy (non-hydrogen) atoms. The number of imidazole rings is 1. The van der Waals surface area contributed by atoms with Crippen molar-refractivity contribution in [3.8, 4) is 5.69 Å². The van der Waals surface area contributed by atoms with Crippen LogP contribution in [0.15, 0.2) is 60.8 Å². The van der Waals surface area contributed by atoms with E-state index >= 15 is 0 Å². The van der Waals surface area contributed by atoms with E-state index in [2.05, 4.69) is 21.3 Å². The number of carbonyl (C=O) groups is 1. The number of hydrogen-bond acceptors (Lipinski definition) is 4. The fourth-order valence-electron chi connectivity index (χ4n) is 4.51. The van der Waals surface area contributed by atoms with Gasteiger partial charge in [-0.25, -0.2) is 19.2 Å². The maximum atomic E-state index is 14.0. The van der Waals surface area contributed by atoms with Crippen molar-refractivity contribution in [2.75, 3.05) is 31.5 Å². The molecule has 5 rings (SSSR count). The molecule has 3 heterocycles. The normalized spacial score (nSPS) is 14.5. The molecule has 2 aromatic carbocycles. The summed E-state index contributed by atoms with van der Waals surface area (Å²) < 4.78 is 15.9. The van der Waals surface area contributed by atoms with Gasteiger partial charge in [0.1, 0.15) is 17.2 Å². The lowest BCUT2D eigenvalue weighted by Gasteiger charge is -2.34. The first-order valence-corrected chi connectivity index (χ1v) is 11.4. The van der Waals surface area contributed by atoms with Gasteiger partial charge in [-0.15, -0.1) is 0 Å². The van der Waals surface area contributed by atoms with Crippen molar-refractivity contribution in [3.05, 3.63) is 83.6 Å². The molecular weight excluding hydrogens is 431 g/mol. The van der Waals surface area contributed by atoms with Crippen LogP contribution in [0.25, 0.3) is 16.9 Å². The summed E-state index contributed by atoms with van der Waals surface area (Å²) in [6, 6.07) is 16.2. The van der Waals surface area contributed by atoms with E-state index < -0.39 is 0 Å². The van der Waals surface area contributed by atoms with E-state index in [1.165, 1.54) is 12.1 Å². The minimum absolute atomic E-state index is 0.0825. The fourth-order valence-corrected chi connectivity index (χ4v) is 4.51. The van der Waals surface area contributed by atoms with Gasteiger partial charge in [-0.05, 0) is 67.4 Å². The smallest absolute Gasteiger partial charge is 0.321 e. The number of nitrogens with zero attached hydrogens (tertiary/aromatic N) is 5. The van der Waals surface area contributed by atoms with Gasteiger partial charge in [0.25, 0.3) is 0 Å². The molecule has 2 aromatic heterocycles. The van der Waals surface area contributed by atoms with Crippen LogP contribution in [-0.2, 0) is 6.54 Å². The first-order chi connectivity index (χ1) is 16.5. The first kappa shape index (κ1) is 22.0. The summed E-state index contributed by atoms with van der Waals surface area (Å²) in [5.74, 6) is 0.497. The topological polar surface area (TPSA) is 66.3 Å². The van der Waals surface area contributed by atoms with Crippen molar-refractivity contribution < 1.29 is 9.18 Å². The molecule has 0 spiro atoms. The van der Waals surface area contributed by atoms with Crippen molar-refractivity contribution in [1.82, 2.24) is 24.3 Å². The number of rotatable bonds is 4. The predicted octanol–water partition coefficient (Wildman–Crippen LogP) is 4.53. The molecule has 0 atom stereocenters. The highest BCUT2D eigenvalue weighted by Gasteiger charge is 2.23. The number of aryl methyl sites for hydroxylation is 2. The van der Waals surface area contributed by atoms with Crippen molar-refractivity contribution in [3.63, 3.8) is 0 Å². The quantitative estimate of drug-likeness (QED) is 0.488. The lowest BCUT2D eigenvalue weighted by Crippen LogP contribution is -2.49. The highest BCUT2D eigenvalue weighted by molar-refractivity contribution is 5.89. The summed E-state index contributed by atoms with van der Waals surface area (Å²) in [6.07, 6.45) is 1.72. The van der Waals surface area contributed by atoms with Crippen LogP contribution < -0.4 is 5.32 Å². The first-order valence-electron chi connectivity index (χ1n) is 11.4. The third kappa shape index (κ3) is 4.63. The van der Waals surface area contributed by atoms with Gasteiger partial charge in [0, 0.05) is 38.1 Å². The number of fused-ring (bicyclic) bond motifs is 1. The Morgan fingerprint density at radius 2 is 1.76 bits per heavy atom. The number of hydrogen-bond donors (Lipinski definition) is 1. The second kappa shape index (κ2) is 9.23. The van der Waals surface area contributed by atoms with Gasteiger partial charge < -0.3 is 10.2 Å². The van der Waals surface area contributed by atoms with E-state index in [9.17, 15) is 9.18 Å². The van der Waals surface area contributed by atoms with Crippen LogP contribution in [0.3, 0.4) is 0 Å². The molecule has 1 aliphatic rings. The molecular formula is C26H27FN6O. The Balaban J connectivity index is 1.29. The maximum absolute atomic E-state index is 14.0. The molecule has 2 amide bonds. The van der Waals surface area contributed by atoms with Gasteiger partial charge in [-0.2, -0.15) is 0 Å². The zero-order chi connectivity index (χ0) is 23.7. The zero-order valence-electron chi connectivity index (χ0n) is 19.3. The zero-order valence-corrected chi connectivity index (χ0v) is 19.3. The largest absolute Gasteiger partial charge is 0.322 e. The van der Waals surface area contributed by atoms with E-state index in [1.807, 2.05) is 53.6 Å². The molecule has 0 bridgehead atoms. The van der Waals surface area contributed by atoms with Crippen molar-refractivity contribution in [2.45, 2.75) is 20.4 Å². The molecule has 1 aliphatic heterocycles. The van der Waals surface area contributed by atoms with E-state index in [0.29, 0.717) is 31.0 Å². The monoisotopic (exact) mass is 458 g/mol. The minimum Gasteiger partial charge on any atom is -0.322 e. The van der Waals surface area contributed by atoms with Crippen LogP contribution in [0.1, 0.15) is 17.0 Å². The molecule has 0 aliphatic carbocycles. The van der Waals surface area contributed by atoms with Gasteiger partial charge in [-0.3, -0.25) is 9.47 Å². The standard InChI is InChI=1S/C26H27FN6O/c1-18-13-19(2)15-21(14-18)29-26(34)32-11-9-31(10-12-32)17-24-30-23-7-4-8-28-25(23)33(24)22-6-3-5-20(27)16-22/h3-8,13-16H,9-12,17H2,1-2H3,(H,29,34). The van der Waals surface area contributed by atoms with Crippen LogP contribution >= 0.6 is 0 Å². The SMILES string of the molecule is Cc1cc(C)cc(NC(=O)N2CCN(Cc3nc4cccnc4n3-c3cccc(F)c3)CC2)c1. The van der Waals surface area contributed by atoms with E-state index in [0.717, 1.165) is 41.2 Å². The second-order valence-corrected chi connectivity index (χ2v) is 8.76. The Labute approximate surface area is 197 Å². The second-order valence-electron chi connectivity index (χ2n) is 8.76. The summed E-state index contributed by atoms with van der Waals surface area (Å²) in [4.78, 5) is 26.1. The Morgan fingerprint density at radius 1 is 1.00 bits per heavy atom. The number of halogens is 1. The van der Waals surface area contributed by atoms with Crippen LogP contribution in [0, 0.1) is 19.7 Å². The van der Waals surface area contributed by atoms with Crippen molar-refractivity contribution >= 4 is 22.9 Å². The summed E-state index contributed by atoms with van der Waals surface area (Å²) in [7, 11) is 0. The highest BCUT2D eigenvalue weighted by Crippen LogP contribution is 2.22. The van der Waals surface area contributed by atoms with Crippen molar-refractivity contribution in [1.29, 1.82) is 0 Å². The summed E-state index contributed by atoms with van der Waals surface area (Å²) in [6.45, 7) is 7.31. The molecule has 1 N–H and O–H groups in total. The lowest BCUT2D eigenvalue weighted by atomic mass is 10.1. The Morgan fingerprint density at radius 3 is 2.50 bits per heavy atom. The van der Waals surface area contributed by atoms with E-state index in [4.69, 9.17) is 4.98 Å².